The predicted molar refractivity (Wildman–Crippen MR) is 70.3 cm³/mol. The van der Waals surface area contributed by atoms with E-state index in [1.807, 2.05) is 0 Å². The number of aryl methyl sites for hydroxylation is 1. The molecule has 1 aromatic heterocycles. The molecule has 1 heterocycles. The third kappa shape index (κ3) is 3.45. The number of hydrogen-bond acceptors (Lipinski definition) is 1. The van der Waals surface area contributed by atoms with E-state index in [9.17, 15) is 0 Å². The molecule has 2 rings (SSSR count). The minimum Gasteiger partial charge on any atom is -0.429 e. The summed E-state index contributed by atoms with van der Waals surface area (Å²) in [4.78, 5) is 0. The van der Waals surface area contributed by atoms with Gasteiger partial charge in [-0.1, -0.05) is 37.3 Å². The van der Waals surface area contributed by atoms with E-state index in [1.54, 1.807) is 0 Å². The van der Waals surface area contributed by atoms with Gasteiger partial charge in [-0.15, -0.1) is 0 Å². The summed E-state index contributed by atoms with van der Waals surface area (Å²) < 4.78 is 8.60. The van der Waals surface area contributed by atoms with Gasteiger partial charge in [0.2, 0.25) is 0 Å². The summed E-state index contributed by atoms with van der Waals surface area (Å²) in [6.07, 6.45) is 0. The Bertz CT molecular complexity index is 494. The van der Waals surface area contributed by atoms with Crippen LogP contribution >= 0.6 is 0 Å². The minimum absolute atomic E-state index is 0.156. The second kappa shape index (κ2) is 4.98. The molecular formula is C14H18IOSi+. The summed E-state index contributed by atoms with van der Waals surface area (Å²) in [6, 6.07) is 13.1. The molecule has 0 atom stereocenters. The van der Waals surface area contributed by atoms with E-state index < -0.39 is 8.07 Å². The van der Waals surface area contributed by atoms with Crippen LogP contribution in [0.5, 0.6) is 0 Å². The van der Waals surface area contributed by atoms with E-state index in [0.29, 0.717) is 0 Å². The fraction of sp³-hybridized carbons (Fsp3) is 0.286. The van der Waals surface area contributed by atoms with Crippen LogP contribution in [0, 0.1) is 14.3 Å². The maximum absolute atomic E-state index is 5.99. The van der Waals surface area contributed by atoms with Crippen molar-refractivity contribution in [1.82, 2.24) is 0 Å². The van der Waals surface area contributed by atoms with Crippen LogP contribution in [-0.2, 0) is 0 Å². The fourth-order valence-electron chi connectivity index (χ4n) is 1.47. The van der Waals surface area contributed by atoms with Crippen LogP contribution in [0.4, 0.5) is 0 Å². The highest BCUT2D eigenvalue weighted by Crippen LogP contribution is 2.01. The lowest BCUT2D eigenvalue weighted by molar-refractivity contribution is -0.617. The van der Waals surface area contributed by atoms with Crippen molar-refractivity contribution in [2.45, 2.75) is 26.6 Å². The summed E-state index contributed by atoms with van der Waals surface area (Å²) in [5.74, 6) is 0. The smallest absolute Gasteiger partial charge is 0.400 e. The van der Waals surface area contributed by atoms with Gasteiger partial charge in [0.15, 0.2) is 3.57 Å². The van der Waals surface area contributed by atoms with Gasteiger partial charge in [0.1, 0.15) is 8.07 Å². The molecule has 17 heavy (non-hydrogen) atoms. The van der Waals surface area contributed by atoms with Crippen LogP contribution in [0.1, 0.15) is 5.56 Å². The molecule has 90 valence electrons. The lowest BCUT2D eigenvalue weighted by Gasteiger charge is -2.09. The molecule has 1 aromatic carbocycles. The Morgan fingerprint density at radius 3 is 2.12 bits per heavy atom. The van der Waals surface area contributed by atoms with E-state index in [1.165, 1.54) is 18.3 Å². The Labute approximate surface area is 115 Å². The van der Waals surface area contributed by atoms with Gasteiger partial charge < -0.3 is 4.42 Å². The Kier molecular flexibility index (Phi) is 3.78. The van der Waals surface area contributed by atoms with Crippen molar-refractivity contribution >= 4 is 13.5 Å². The molecule has 0 fully saturated rings. The van der Waals surface area contributed by atoms with E-state index in [2.05, 4.69) is 63.0 Å². The zero-order valence-corrected chi connectivity index (χ0v) is 13.9. The van der Waals surface area contributed by atoms with Gasteiger partial charge in [-0.3, -0.25) is 0 Å². The average molecular weight is 357 g/mol. The first-order valence-electron chi connectivity index (χ1n) is 5.77. The molecule has 0 saturated heterocycles. The standard InChI is InChI=1S/C14H18IOSi/c1-11-5-7-12(8-6-11)15-13-9-10-14(16-13)17(2,3)4/h5-10H,1-4H3/q+1. The Morgan fingerprint density at radius 1 is 0.941 bits per heavy atom. The largest absolute Gasteiger partial charge is 0.429 e. The van der Waals surface area contributed by atoms with Crippen molar-refractivity contribution in [3.63, 3.8) is 0 Å². The third-order valence-electron chi connectivity index (χ3n) is 2.53. The first-order valence-corrected chi connectivity index (χ1v) is 11.4. The van der Waals surface area contributed by atoms with Crippen molar-refractivity contribution in [1.29, 1.82) is 0 Å². The molecule has 0 spiro atoms. The number of rotatable bonds is 3. The van der Waals surface area contributed by atoms with E-state index >= 15 is 0 Å². The van der Waals surface area contributed by atoms with Gasteiger partial charge >= 0.3 is 25.0 Å². The van der Waals surface area contributed by atoms with Gasteiger partial charge in [-0.25, -0.2) is 0 Å². The highest BCUT2D eigenvalue weighted by molar-refractivity contribution is 6.87. The first-order chi connectivity index (χ1) is 7.95. The van der Waals surface area contributed by atoms with Crippen LogP contribution in [0.3, 0.4) is 0 Å². The average Bonchev–Trinajstić information content (AvgIpc) is 2.69. The quantitative estimate of drug-likeness (QED) is 0.568. The highest BCUT2D eigenvalue weighted by Gasteiger charge is 2.26. The van der Waals surface area contributed by atoms with Crippen molar-refractivity contribution < 1.29 is 25.6 Å². The van der Waals surface area contributed by atoms with Crippen LogP contribution in [0.25, 0.3) is 0 Å². The number of halogens is 1. The molecular weight excluding hydrogens is 339 g/mol. The molecule has 0 amide bonds. The molecule has 0 aliphatic heterocycles. The molecule has 0 N–H and O–H groups in total. The van der Waals surface area contributed by atoms with Crippen LogP contribution in [-0.4, -0.2) is 8.07 Å². The number of hydrogen-bond donors (Lipinski definition) is 0. The fourth-order valence-corrected chi connectivity index (χ4v) is 4.72. The number of benzene rings is 1. The molecule has 0 unspecified atom stereocenters. The normalized spacial score (nSPS) is 11.8. The summed E-state index contributed by atoms with van der Waals surface area (Å²) in [5, 5.41) is 1.22. The summed E-state index contributed by atoms with van der Waals surface area (Å²) in [5.41, 5.74) is 1.32. The summed E-state index contributed by atoms with van der Waals surface area (Å²) >= 11 is -0.156. The lowest BCUT2D eigenvalue weighted by atomic mass is 10.2. The van der Waals surface area contributed by atoms with Gasteiger partial charge in [-0.2, -0.15) is 0 Å². The molecule has 2 aromatic rings. The van der Waals surface area contributed by atoms with Crippen molar-refractivity contribution in [2.75, 3.05) is 0 Å². The third-order valence-corrected chi connectivity index (χ3v) is 6.73. The molecule has 3 heteroatoms. The van der Waals surface area contributed by atoms with E-state index in [0.717, 1.165) is 0 Å². The van der Waals surface area contributed by atoms with Gasteiger partial charge in [0, 0.05) is 6.07 Å². The van der Waals surface area contributed by atoms with Gasteiger partial charge in [0.25, 0.3) is 0 Å². The monoisotopic (exact) mass is 357 g/mol. The van der Waals surface area contributed by atoms with Crippen LogP contribution < -0.4 is 26.6 Å². The van der Waals surface area contributed by atoms with Gasteiger partial charge in [-0.05, 0) is 25.1 Å². The zero-order chi connectivity index (χ0) is 12.5. The predicted octanol–water partition coefficient (Wildman–Crippen LogP) is 0.262. The molecule has 0 aliphatic carbocycles. The Morgan fingerprint density at radius 2 is 1.59 bits per heavy atom. The molecule has 0 bridgehead atoms. The molecule has 1 nitrogen and oxygen atoms in total. The summed E-state index contributed by atoms with van der Waals surface area (Å²) in [7, 11) is -1.29. The van der Waals surface area contributed by atoms with Crippen molar-refractivity contribution in [2.24, 2.45) is 0 Å². The first kappa shape index (κ1) is 12.9. The minimum atomic E-state index is -1.29. The maximum atomic E-state index is 5.99. The van der Waals surface area contributed by atoms with Crippen LogP contribution in [0.15, 0.2) is 40.8 Å². The SMILES string of the molecule is Cc1ccc([I+]c2ccc([Si](C)(C)C)o2)cc1. The molecule has 0 radical (unpaired) electrons. The van der Waals surface area contributed by atoms with Crippen molar-refractivity contribution in [3.05, 3.63) is 49.3 Å². The van der Waals surface area contributed by atoms with Gasteiger partial charge in [0.05, 0.1) is 5.38 Å². The lowest BCUT2D eigenvalue weighted by Crippen LogP contribution is -3.61. The zero-order valence-electron chi connectivity index (χ0n) is 10.8. The topological polar surface area (TPSA) is 13.1 Å². The second-order valence-electron chi connectivity index (χ2n) is 5.24. The van der Waals surface area contributed by atoms with E-state index in [4.69, 9.17) is 4.42 Å². The number of furan rings is 1. The Hall–Kier alpha value is -0.553. The van der Waals surface area contributed by atoms with E-state index in [-0.39, 0.29) is 21.2 Å². The Balaban J connectivity index is 2.14. The maximum Gasteiger partial charge on any atom is 0.400 e. The highest BCUT2D eigenvalue weighted by atomic mass is 127. The van der Waals surface area contributed by atoms with Crippen LogP contribution in [0.2, 0.25) is 19.6 Å². The van der Waals surface area contributed by atoms with Crippen molar-refractivity contribution in [3.8, 4) is 0 Å². The second-order valence-corrected chi connectivity index (χ2v) is 13.1. The summed E-state index contributed by atoms with van der Waals surface area (Å²) in [6.45, 7) is 9.08. The molecule has 0 saturated carbocycles. The molecule has 0 aliphatic rings.